The third-order valence-corrected chi connectivity index (χ3v) is 7.36. The van der Waals surface area contributed by atoms with E-state index in [1.54, 1.807) is 0 Å². The van der Waals surface area contributed by atoms with Crippen LogP contribution in [0.15, 0.2) is 12.1 Å². The molecular weight excluding hydrogens is 379 g/mol. The second kappa shape index (κ2) is 6.48. The molecule has 4 atom stereocenters. The molecule has 0 aliphatic heterocycles. The fraction of sp³-hybridized carbons (Fsp3) is 0.632. The van der Waals surface area contributed by atoms with Gasteiger partial charge in [0.15, 0.2) is 15.6 Å². The lowest BCUT2D eigenvalue weighted by Gasteiger charge is -2.61. The smallest absolute Gasteiger partial charge is 0.180 e. The normalized spacial score (nSPS) is 29.8. The molecule has 4 nitrogen and oxygen atoms in total. The molecule has 3 aliphatic carbocycles. The van der Waals surface area contributed by atoms with Crippen molar-refractivity contribution in [3.63, 3.8) is 0 Å². The number of carbonyl (C=O) groups excluding carboxylic acids is 1. The Labute approximate surface area is 159 Å². The summed E-state index contributed by atoms with van der Waals surface area (Å²) in [5, 5.41) is 0.119. The molecule has 4 rings (SSSR count). The van der Waals surface area contributed by atoms with Crippen LogP contribution in [0, 0.1) is 29.0 Å². The molecule has 2 bridgehead atoms. The summed E-state index contributed by atoms with van der Waals surface area (Å²) in [6.45, 7) is 6.72. The van der Waals surface area contributed by atoms with E-state index in [4.69, 9.17) is 16.3 Å². The Balaban J connectivity index is 1.78. The van der Waals surface area contributed by atoms with Crippen molar-refractivity contribution in [2.45, 2.75) is 39.7 Å². The monoisotopic (exact) mass is 402 g/mol. The average molecular weight is 403 g/mol. The molecule has 0 saturated heterocycles. The van der Waals surface area contributed by atoms with E-state index in [0.29, 0.717) is 23.2 Å². The first kappa shape index (κ1) is 19.6. The summed E-state index contributed by atoms with van der Waals surface area (Å²) in [4.78, 5) is 12.0. The second-order valence-electron chi connectivity index (χ2n) is 8.37. The lowest BCUT2D eigenvalue weighted by molar-refractivity contribution is -0.147. The Bertz CT molecular complexity index is 849. The molecule has 7 heteroatoms. The second-order valence-corrected chi connectivity index (χ2v) is 10.9. The summed E-state index contributed by atoms with van der Waals surface area (Å²) in [6, 6.07) is 2.26. The van der Waals surface area contributed by atoms with Gasteiger partial charge in [0.05, 0.1) is 10.6 Å². The van der Waals surface area contributed by atoms with Crippen LogP contribution >= 0.6 is 11.6 Å². The highest BCUT2D eigenvalue weighted by atomic mass is 35.5. The third-order valence-electron chi connectivity index (χ3n) is 6.28. The van der Waals surface area contributed by atoms with E-state index in [0.717, 1.165) is 24.8 Å². The number of benzene rings is 1. The summed E-state index contributed by atoms with van der Waals surface area (Å²) >= 11 is 6.19. The maximum Gasteiger partial charge on any atom is 0.180 e. The van der Waals surface area contributed by atoms with Crippen molar-refractivity contribution >= 4 is 27.2 Å². The fourth-order valence-electron chi connectivity index (χ4n) is 4.57. The molecule has 3 saturated carbocycles. The van der Waals surface area contributed by atoms with E-state index < -0.39 is 27.2 Å². The van der Waals surface area contributed by atoms with E-state index in [2.05, 4.69) is 20.8 Å². The van der Waals surface area contributed by atoms with Crippen molar-refractivity contribution in [2.24, 2.45) is 23.2 Å². The molecule has 0 amide bonds. The van der Waals surface area contributed by atoms with Gasteiger partial charge >= 0.3 is 0 Å². The van der Waals surface area contributed by atoms with Crippen molar-refractivity contribution < 1.29 is 22.3 Å². The van der Waals surface area contributed by atoms with Crippen LogP contribution in [0.2, 0.25) is 5.02 Å². The van der Waals surface area contributed by atoms with Crippen LogP contribution in [0.3, 0.4) is 0 Å². The third kappa shape index (κ3) is 3.50. The van der Waals surface area contributed by atoms with Gasteiger partial charge < -0.3 is 4.74 Å². The van der Waals surface area contributed by atoms with E-state index >= 15 is 0 Å². The topological polar surface area (TPSA) is 60.4 Å². The van der Waals surface area contributed by atoms with Gasteiger partial charge in [-0.15, -0.1) is 0 Å². The van der Waals surface area contributed by atoms with Crippen molar-refractivity contribution in [2.75, 3.05) is 12.0 Å². The number of halogens is 2. The number of ketones is 1. The summed E-state index contributed by atoms with van der Waals surface area (Å²) < 4.78 is 42.9. The highest BCUT2D eigenvalue weighted by Crippen LogP contribution is 2.61. The van der Waals surface area contributed by atoms with Gasteiger partial charge in [0.25, 0.3) is 0 Å². The first-order chi connectivity index (χ1) is 11.9. The van der Waals surface area contributed by atoms with Crippen LogP contribution in [0.5, 0.6) is 5.75 Å². The molecule has 0 spiro atoms. The average Bonchev–Trinajstić information content (AvgIpc) is 2.49. The molecule has 1 aromatic carbocycles. The number of Topliss-reactive ketones (excluding diaryl/α,β-unsaturated/α-hetero) is 1. The molecule has 3 aliphatic rings. The molecule has 0 unspecified atom stereocenters. The van der Waals surface area contributed by atoms with Crippen molar-refractivity contribution in [3.8, 4) is 5.75 Å². The van der Waals surface area contributed by atoms with Crippen molar-refractivity contribution in [3.05, 3.63) is 28.5 Å². The van der Waals surface area contributed by atoms with Gasteiger partial charge in [-0.3, -0.25) is 4.79 Å². The van der Waals surface area contributed by atoms with Gasteiger partial charge in [-0.05, 0) is 42.1 Å². The predicted octanol–water partition coefficient (Wildman–Crippen LogP) is 4.16. The van der Waals surface area contributed by atoms with Crippen LogP contribution in [0.4, 0.5) is 4.39 Å². The Morgan fingerprint density at radius 2 is 2.00 bits per heavy atom. The van der Waals surface area contributed by atoms with Crippen LogP contribution in [0.1, 0.15) is 44.0 Å². The summed E-state index contributed by atoms with van der Waals surface area (Å²) in [5.41, 5.74) is -0.00979. The number of fused-ring (bicyclic) bond motifs is 2. The van der Waals surface area contributed by atoms with Crippen molar-refractivity contribution in [1.82, 2.24) is 0 Å². The number of ether oxygens (including phenoxy) is 1. The lowest BCUT2D eigenvalue weighted by Crippen LogP contribution is -2.57. The minimum Gasteiger partial charge on any atom is -0.488 e. The van der Waals surface area contributed by atoms with Gasteiger partial charge in [-0.25, -0.2) is 12.8 Å². The van der Waals surface area contributed by atoms with Gasteiger partial charge in [-0.2, -0.15) is 0 Å². The van der Waals surface area contributed by atoms with Crippen LogP contribution in [-0.2, 0) is 9.84 Å². The molecule has 0 N–H and O–H groups in total. The Kier molecular flexibility index (Phi) is 4.89. The van der Waals surface area contributed by atoms with Crippen LogP contribution in [0.25, 0.3) is 0 Å². The van der Waals surface area contributed by atoms with E-state index in [-0.39, 0.29) is 22.4 Å². The zero-order valence-corrected chi connectivity index (χ0v) is 17.0. The van der Waals surface area contributed by atoms with E-state index in [1.165, 1.54) is 6.42 Å². The van der Waals surface area contributed by atoms with E-state index in [9.17, 15) is 17.6 Å². The summed E-state index contributed by atoms with van der Waals surface area (Å²) in [7, 11) is -3.54. The molecule has 0 aromatic heterocycles. The number of carbonyl (C=O) groups is 1. The molecule has 0 radical (unpaired) electrons. The largest absolute Gasteiger partial charge is 0.488 e. The number of hydrogen-bond acceptors (Lipinski definition) is 4. The lowest BCUT2D eigenvalue weighted by atomic mass is 9.45. The minimum absolute atomic E-state index is 0.0405. The quantitative estimate of drug-likeness (QED) is 0.694. The van der Waals surface area contributed by atoms with E-state index in [1.807, 2.05) is 0 Å². The van der Waals surface area contributed by atoms with Crippen LogP contribution in [-0.4, -0.2) is 32.3 Å². The van der Waals surface area contributed by atoms with Gasteiger partial charge in [0, 0.05) is 12.3 Å². The summed E-state index contributed by atoms with van der Waals surface area (Å²) in [6.07, 6.45) is 2.99. The SMILES string of the molecule is C[C@@H]1[C@H](Oc2cc(F)c(C(=O)CS(C)(=O)=O)cc2Cl)C[C@H]2C[C@@H]1C2(C)C. The van der Waals surface area contributed by atoms with Gasteiger partial charge in [0.2, 0.25) is 0 Å². The zero-order valence-electron chi connectivity index (χ0n) is 15.4. The maximum absolute atomic E-state index is 14.4. The first-order valence-corrected chi connectivity index (χ1v) is 11.2. The summed E-state index contributed by atoms with van der Waals surface area (Å²) in [5.74, 6) is -0.673. The molecule has 26 heavy (non-hydrogen) atoms. The Morgan fingerprint density at radius 1 is 1.35 bits per heavy atom. The van der Waals surface area contributed by atoms with Crippen LogP contribution < -0.4 is 4.74 Å². The molecule has 144 valence electrons. The molecule has 1 aromatic rings. The Hall–Kier alpha value is -1.14. The first-order valence-electron chi connectivity index (χ1n) is 8.76. The highest BCUT2D eigenvalue weighted by molar-refractivity contribution is 7.91. The number of hydrogen-bond donors (Lipinski definition) is 0. The number of rotatable bonds is 5. The molecule has 0 heterocycles. The highest BCUT2D eigenvalue weighted by Gasteiger charge is 2.57. The predicted molar refractivity (Wildman–Crippen MR) is 99.0 cm³/mol. The maximum atomic E-state index is 14.4. The standard InChI is InChI=1S/C19H24ClFO4S/c1-10-13-5-11(19(13,2)3)6-17(10)25-18-8-15(21)12(7-14(18)20)16(22)9-26(4,23)24/h7-8,10-11,13,17H,5-6,9H2,1-4H3/t10-,11+,13-,17+/m0/s1. The molecule has 3 fully saturated rings. The minimum atomic E-state index is -3.54. The molecular formula is C19H24ClFO4S. The van der Waals surface area contributed by atoms with Gasteiger partial charge in [-0.1, -0.05) is 32.4 Å². The number of sulfone groups is 1. The van der Waals surface area contributed by atoms with Gasteiger partial charge in [0.1, 0.15) is 23.4 Å². The Morgan fingerprint density at radius 3 is 2.54 bits per heavy atom. The fourth-order valence-corrected chi connectivity index (χ4v) is 5.41. The zero-order chi connectivity index (χ0) is 19.4. The van der Waals surface area contributed by atoms with Crippen molar-refractivity contribution in [1.29, 1.82) is 0 Å².